The molecular weight excluding hydrogens is 195 g/mol. The van der Waals surface area contributed by atoms with Crippen LogP contribution in [-0.2, 0) is 0 Å². The summed E-state index contributed by atoms with van der Waals surface area (Å²) in [5.41, 5.74) is 1.73. The number of nitrogens with one attached hydrogen (secondary N) is 1. The van der Waals surface area contributed by atoms with Crippen molar-refractivity contribution in [1.29, 1.82) is 5.41 Å². The number of pyridine rings is 1. The molecule has 0 aliphatic heterocycles. The molecule has 0 atom stereocenters. The van der Waals surface area contributed by atoms with Gasteiger partial charge in [0, 0.05) is 5.02 Å². The van der Waals surface area contributed by atoms with Crippen LogP contribution in [0.5, 0.6) is 0 Å². The first-order valence-corrected chi connectivity index (χ1v) is 4.16. The second-order valence-corrected chi connectivity index (χ2v) is 3.32. The highest BCUT2D eigenvalue weighted by Crippen LogP contribution is 2.21. The molecule has 1 heterocycles. The predicted molar refractivity (Wildman–Crippen MR) is 51.5 cm³/mol. The van der Waals surface area contributed by atoms with Gasteiger partial charge < -0.3 is 5.41 Å². The summed E-state index contributed by atoms with van der Waals surface area (Å²) in [6.45, 7) is 3.47. The van der Waals surface area contributed by atoms with Crippen LogP contribution in [0.2, 0.25) is 10.2 Å². The monoisotopic (exact) mass is 202 g/mol. The molecule has 0 aliphatic rings. The van der Waals surface area contributed by atoms with E-state index in [1.807, 2.05) is 6.92 Å². The van der Waals surface area contributed by atoms with Crippen LogP contribution in [0.15, 0.2) is 6.07 Å². The van der Waals surface area contributed by atoms with E-state index < -0.39 is 0 Å². The lowest BCUT2D eigenvalue weighted by molar-refractivity contribution is 1.21. The maximum Gasteiger partial charge on any atom is 0.131 e. The van der Waals surface area contributed by atoms with E-state index in [9.17, 15) is 0 Å². The molecule has 0 unspecified atom stereocenters. The van der Waals surface area contributed by atoms with Crippen LogP contribution >= 0.6 is 23.2 Å². The lowest BCUT2D eigenvalue weighted by Gasteiger charge is -2.04. The summed E-state index contributed by atoms with van der Waals surface area (Å²) in [6.07, 6.45) is 0. The van der Waals surface area contributed by atoms with Gasteiger partial charge in [0.25, 0.3) is 0 Å². The van der Waals surface area contributed by atoms with Crippen molar-refractivity contribution < 1.29 is 0 Å². The van der Waals surface area contributed by atoms with Crippen LogP contribution in [0.25, 0.3) is 0 Å². The molecule has 1 N–H and O–H groups in total. The van der Waals surface area contributed by atoms with Crippen LogP contribution < -0.4 is 0 Å². The Morgan fingerprint density at radius 3 is 2.58 bits per heavy atom. The fourth-order valence-corrected chi connectivity index (χ4v) is 1.36. The van der Waals surface area contributed by atoms with E-state index in [0.717, 1.165) is 5.56 Å². The van der Waals surface area contributed by atoms with Crippen molar-refractivity contribution in [3.05, 3.63) is 27.5 Å². The maximum absolute atomic E-state index is 7.39. The second-order valence-electron chi connectivity index (χ2n) is 2.53. The van der Waals surface area contributed by atoms with Crippen LogP contribution in [0.4, 0.5) is 0 Å². The van der Waals surface area contributed by atoms with E-state index in [1.165, 1.54) is 0 Å². The zero-order valence-corrected chi connectivity index (χ0v) is 8.29. The minimum atomic E-state index is 0.326. The molecular formula is C8H8Cl2N2. The van der Waals surface area contributed by atoms with E-state index >= 15 is 0 Å². The average Bonchev–Trinajstić information content (AvgIpc) is 1.96. The van der Waals surface area contributed by atoms with Gasteiger partial charge in [0.2, 0.25) is 0 Å². The SMILES string of the molecule is CC(=N)c1nc(Cl)cc(Cl)c1C. The number of rotatable bonds is 1. The van der Waals surface area contributed by atoms with E-state index in [-0.39, 0.29) is 0 Å². The van der Waals surface area contributed by atoms with Crippen molar-refractivity contribution in [2.45, 2.75) is 13.8 Å². The lowest BCUT2D eigenvalue weighted by Crippen LogP contribution is -2.00. The van der Waals surface area contributed by atoms with Crippen molar-refractivity contribution in [1.82, 2.24) is 4.98 Å². The highest BCUT2D eigenvalue weighted by atomic mass is 35.5. The standard InChI is InChI=1S/C8H8Cl2N2/c1-4-6(9)3-7(10)12-8(4)5(2)11/h3,11H,1-2H3. The van der Waals surface area contributed by atoms with Crippen LogP contribution in [0.1, 0.15) is 18.2 Å². The molecule has 0 spiro atoms. The van der Waals surface area contributed by atoms with Gasteiger partial charge in [-0.1, -0.05) is 23.2 Å². The molecule has 1 rings (SSSR count). The predicted octanol–water partition coefficient (Wildman–Crippen LogP) is 3.08. The van der Waals surface area contributed by atoms with Gasteiger partial charge in [-0.25, -0.2) is 4.98 Å². The van der Waals surface area contributed by atoms with Crippen molar-refractivity contribution in [2.24, 2.45) is 0 Å². The van der Waals surface area contributed by atoms with Crippen LogP contribution in [0, 0.1) is 12.3 Å². The van der Waals surface area contributed by atoms with Gasteiger partial charge in [-0.2, -0.15) is 0 Å². The van der Waals surface area contributed by atoms with Gasteiger partial charge in [0.15, 0.2) is 0 Å². The largest absolute Gasteiger partial charge is 0.303 e. The molecule has 12 heavy (non-hydrogen) atoms. The average molecular weight is 203 g/mol. The minimum Gasteiger partial charge on any atom is -0.303 e. The maximum atomic E-state index is 7.39. The molecule has 0 aliphatic carbocycles. The summed E-state index contributed by atoms with van der Waals surface area (Å²) < 4.78 is 0. The van der Waals surface area contributed by atoms with Crippen LogP contribution in [-0.4, -0.2) is 10.7 Å². The van der Waals surface area contributed by atoms with Gasteiger partial charge in [0.1, 0.15) is 5.15 Å². The molecule has 0 saturated carbocycles. The zero-order valence-electron chi connectivity index (χ0n) is 6.78. The third-order valence-corrected chi connectivity index (χ3v) is 2.12. The minimum absolute atomic E-state index is 0.326. The molecule has 0 radical (unpaired) electrons. The molecule has 0 aromatic carbocycles. The van der Waals surface area contributed by atoms with Gasteiger partial charge >= 0.3 is 0 Å². The molecule has 64 valence electrons. The molecule has 1 aromatic rings. The Hall–Kier alpha value is -0.600. The third-order valence-electron chi connectivity index (χ3n) is 1.53. The Morgan fingerprint density at radius 2 is 2.08 bits per heavy atom. The Labute approximate surface area is 81.0 Å². The summed E-state index contributed by atoms with van der Waals surface area (Å²) >= 11 is 11.5. The fraction of sp³-hybridized carbons (Fsp3) is 0.250. The summed E-state index contributed by atoms with van der Waals surface area (Å²) in [5.74, 6) is 0. The second kappa shape index (κ2) is 3.42. The van der Waals surface area contributed by atoms with E-state index in [1.54, 1.807) is 13.0 Å². The smallest absolute Gasteiger partial charge is 0.131 e. The summed E-state index contributed by atoms with van der Waals surface area (Å²) in [7, 11) is 0. The number of halogens is 2. The van der Waals surface area contributed by atoms with E-state index in [2.05, 4.69) is 4.98 Å². The highest BCUT2D eigenvalue weighted by Gasteiger charge is 2.07. The number of nitrogens with zero attached hydrogens (tertiary/aromatic N) is 1. The third kappa shape index (κ3) is 1.76. The highest BCUT2D eigenvalue weighted by molar-refractivity contribution is 6.34. The van der Waals surface area contributed by atoms with Gasteiger partial charge in [-0.05, 0) is 25.5 Å². The van der Waals surface area contributed by atoms with Gasteiger partial charge in [0.05, 0.1) is 11.4 Å². The molecule has 4 heteroatoms. The summed E-state index contributed by atoms with van der Waals surface area (Å²) in [5, 5.41) is 8.27. The molecule has 2 nitrogen and oxygen atoms in total. The quantitative estimate of drug-likeness (QED) is 0.552. The van der Waals surface area contributed by atoms with Gasteiger partial charge in [-0.3, -0.25) is 0 Å². The zero-order chi connectivity index (χ0) is 9.30. The Balaban J connectivity index is 3.37. The fourth-order valence-electron chi connectivity index (χ4n) is 0.914. The van der Waals surface area contributed by atoms with Crippen molar-refractivity contribution in [2.75, 3.05) is 0 Å². The molecule has 0 amide bonds. The van der Waals surface area contributed by atoms with Gasteiger partial charge in [-0.15, -0.1) is 0 Å². The summed E-state index contributed by atoms with van der Waals surface area (Å²) in [4.78, 5) is 3.99. The first kappa shape index (κ1) is 9.49. The number of hydrogen-bond acceptors (Lipinski definition) is 2. The first-order chi connectivity index (χ1) is 5.52. The van der Waals surface area contributed by atoms with Crippen molar-refractivity contribution in [3.8, 4) is 0 Å². The van der Waals surface area contributed by atoms with Crippen molar-refractivity contribution >= 4 is 28.9 Å². The van der Waals surface area contributed by atoms with Crippen molar-refractivity contribution in [3.63, 3.8) is 0 Å². The van der Waals surface area contributed by atoms with E-state index in [0.29, 0.717) is 21.6 Å². The first-order valence-electron chi connectivity index (χ1n) is 3.40. The normalized spacial score (nSPS) is 10.0. The summed E-state index contributed by atoms with van der Waals surface area (Å²) in [6, 6.07) is 1.57. The Bertz CT molecular complexity index is 334. The Morgan fingerprint density at radius 1 is 1.50 bits per heavy atom. The molecule has 1 aromatic heterocycles. The Kier molecular flexibility index (Phi) is 2.70. The number of hydrogen-bond donors (Lipinski definition) is 1. The lowest BCUT2D eigenvalue weighted by atomic mass is 10.1. The number of aromatic nitrogens is 1. The topological polar surface area (TPSA) is 36.7 Å². The van der Waals surface area contributed by atoms with Crippen LogP contribution in [0.3, 0.4) is 0 Å². The van der Waals surface area contributed by atoms with E-state index in [4.69, 9.17) is 28.6 Å². The molecule has 0 fully saturated rings. The molecule has 0 saturated heterocycles. The molecule has 0 bridgehead atoms.